The molecule has 0 saturated carbocycles. The third kappa shape index (κ3) is 5.61. The molecule has 0 aliphatic carbocycles. The Balaban J connectivity index is 2.33. The van der Waals surface area contributed by atoms with Gasteiger partial charge in [-0.3, -0.25) is 4.90 Å². The lowest BCUT2D eigenvalue weighted by Crippen LogP contribution is -2.40. The molecule has 1 rings (SSSR count). The molecule has 0 aliphatic heterocycles. The molecule has 0 amide bonds. The van der Waals surface area contributed by atoms with Gasteiger partial charge in [0.2, 0.25) is 0 Å². The molecule has 1 heterocycles. The molecule has 0 aromatic carbocycles. The molecule has 0 aliphatic rings. The average Bonchev–Trinajstić information content (AvgIpc) is 2.76. The van der Waals surface area contributed by atoms with Crippen LogP contribution in [0.1, 0.15) is 32.9 Å². The van der Waals surface area contributed by atoms with Crippen LogP contribution in [0.4, 0.5) is 0 Å². The highest BCUT2D eigenvalue weighted by Crippen LogP contribution is 2.08. The molecule has 98 valence electrons. The van der Waals surface area contributed by atoms with Gasteiger partial charge in [0.1, 0.15) is 0 Å². The van der Waals surface area contributed by atoms with Crippen LogP contribution >= 0.6 is 11.3 Å². The molecule has 1 unspecified atom stereocenters. The highest BCUT2D eigenvalue weighted by Gasteiger charge is 2.13. The second-order valence-electron chi connectivity index (χ2n) is 5.01. The molecule has 1 N–H and O–H groups in total. The van der Waals surface area contributed by atoms with E-state index in [1.807, 2.05) is 5.51 Å². The monoisotopic (exact) mass is 255 g/mol. The van der Waals surface area contributed by atoms with Crippen LogP contribution in [0.25, 0.3) is 0 Å². The summed E-state index contributed by atoms with van der Waals surface area (Å²) in [5.74, 6) is 0.719. The van der Waals surface area contributed by atoms with Crippen molar-refractivity contribution in [1.82, 2.24) is 15.2 Å². The van der Waals surface area contributed by atoms with Crippen LogP contribution in [-0.2, 0) is 6.54 Å². The Bertz CT molecular complexity index is 285. The maximum Gasteiger partial charge on any atom is 0.0795 e. The molecule has 1 aromatic heterocycles. The van der Waals surface area contributed by atoms with E-state index in [0.29, 0.717) is 6.04 Å². The van der Waals surface area contributed by atoms with Crippen molar-refractivity contribution in [2.45, 2.75) is 39.8 Å². The minimum Gasteiger partial charge on any atom is -0.315 e. The zero-order valence-electron chi connectivity index (χ0n) is 11.4. The highest BCUT2D eigenvalue weighted by atomic mass is 32.1. The topological polar surface area (TPSA) is 28.2 Å². The Morgan fingerprint density at radius 2 is 2.18 bits per heavy atom. The number of nitrogens with zero attached hydrogens (tertiary/aromatic N) is 2. The number of likely N-dealkylation sites (N-methyl/N-ethyl adjacent to an activating group) is 1. The van der Waals surface area contributed by atoms with Crippen LogP contribution in [0.3, 0.4) is 0 Å². The van der Waals surface area contributed by atoms with Gasteiger partial charge in [-0.25, -0.2) is 4.98 Å². The SMILES string of the molecule is CCC(CNCC(C)C)N(C)Cc1cscn1. The average molecular weight is 255 g/mol. The Hall–Kier alpha value is -0.450. The second-order valence-corrected chi connectivity index (χ2v) is 5.73. The minimum absolute atomic E-state index is 0.593. The fourth-order valence-corrected chi connectivity index (χ4v) is 2.40. The number of hydrogen-bond donors (Lipinski definition) is 1. The van der Waals surface area contributed by atoms with Gasteiger partial charge >= 0.3 is 0 Å². The van der Waals surface area contributed by atoms with Crippen LogP contribution in [-0.4, -0.2) is 36.1 Å². The van der Waals surface area contributed by atoms with Gasteiger partial charge in [0.25, 0.3) is 0 Å². The van der Waals surface area contributed by atoms with Crippen molar-refractivity contribution in [3.8, 4) is 0 Å². The molecular weight excluding hydrogens is 230 g/mol. The lowest BCUT2D eigenvalue weighted by molar-refractivity contribution is 0.218. The van der Waals surface area contributed by atoms with Gasteiger partial charge in [-0.15, -0.1) is 11.3 Å². The lowest BCUT2D eigenvalue weighted by Gasteiger charge is -2.27. The third-order valence-corrected chi connectivity index (χ3v) is 3.56. The Labute approximate surface area is 109 Å². The molecule has 17 heavy (non-hydrogen) atoms. The summed E-state index contributed by atoms with van der Waals surface area (Å²) < 4.78 is 0. The first-order chi connectivity index (χ1) is 8.13. The van der Waals surface area contributed by atoms with Gasteiger partial charge in [0.05, 0.1) is 11.2 Å². The summed E-state index contributed by atoms with van der Waals surface area (Å²) in [4.78, 5) is 6.73. The van der Waals surface area contributed by atoms with Crippen molar-refractivity contribution in [1.29, 1.82) is 0 Å². The zero-order chi connectivity index (χ0) is 12.7. The number of thiazole rings is 1. The molecule has 0 radical (unpaired) electrons. The summed E-state index contributed by atoms with van der Waals surface area (Å²) in [6, 6.07) is 0.593. The van der Waals surface area contributed by atoms with E-state index in [1.165, 1.54) is 12.1 Å². The molecule has 0 saturated heterocycles. The summed E-state index contributed by atoms with van der Waals surface area (Å²) in [6.07, 6.45) is 1.17. The van der Waals surface area contributed by atoms with Crippen LogP contribution in [0.5, 0.6) is 0 Å². The van der Waals surface area contributed by atoms with Crippen molar-refractivity contribution < 1.29 is 0 Å². The maximum absolute atomic E-state index is 4.34. The Morgan fingerprint density at radius 3 is 2.71 bits per heavy atom. The van der Waals surface area contributed by atoms with E-state index < -0.39 is 0 Å². The number of aromatic nitrogens is 1. The number of rotatable bonds is 8. The molecule has 0 spiro atoms. The Morgan fingerprint density at radius 1 is 1.41 bits per heavy atom. The quantitative estimate of drug-likeness (QED) is 0.774. The van der Waals surface area contributed by atoms with E-state index in [1.54, 1.807) is 11.3 Å². The summed E-state index contributed by atoms with van der Waals surface area (Å²) >= 11 is 1.67. The maximum atomic E-state index is 4.34. The summed E-state index contributed by atoms with van der Waals surface area (Å²) in [6.45, 7) is 9.85. The third-order valence-electron chi connectivity index (χ3n) is 2.92. The minimum atomic E-state index is 0.593. The van der Waals surface area contributed by atoms with E-state index >= 15 is 0 Å². The molecule has 1 atom stereocenters. The highest BCUT2D eigenvalue weighted by molar-refractivity contribution is 7.07. The molecule has 3 nitrogen and oxygen atoms in total. The van der Waals surface area contributed by atoms with E-state index in [2.05, 4.69) is 48.4 Å². The largest absolute Gasteiger partial charge is 0.315 e. The smallest absolute Gasteiger partial charge is 0.0795 e. The lowest BCUT2D eigenvalue weighted by atomic mass is 10.1. The van der Waals surface area contributed by atoms with Crippen molar-refractivity contribution in [2.24, 2.45) is 5.92 Å². The van der Waals surface area contributed by atoms with E-state index in [4.69, 9.17) is 0 Å². The molecule has 0 bridgehead atoms. The number of nitrogens with one attached hydrogen (secondary N) is 1. The van der Waals surface area contributed by atoms with Crippen molar-refractivity contribution in [3.63, 3.8) is 0 Å². The fourth-order valence-electron chi connectivity index (χ4n) is 1.85. The van der Waals surface area contributed by atoms with E-state index in [0.717, 1.165) is 25.6 Å². The number of hydrogen-bond acceptors (Lipinski definition) is 4. The van der Waals surface area contributed by atoms with Crippen molar-refractivity contribution in [3.05, 3.63) is 16.6 Å². The normalized spacial score (nSPS) is 13.5. The summed E-state index contributed by atoms with van der Waals surface area (Å²) in [5, 5.41) is 5.67. The van der Waals surface area contributed by atoms with E-state index in [-0.39, 0.29) is 0 Å². The molecule has 0 fully saturated rings. The Kier molecular flexibility index (Phi) is 6.70. The predicted octanol–water partition coefficient (Wildman–Crippen LogP) is 2.60. The van der Waals surface area contributed by atoms with Crippen LogP contribution in [0.2, 0.25) is 0 Å². The van der Waals surface area contributed by atoms with Gasteiger partial charge in [-0.1, -0.05) is 20.8 Å². The van der Waals surface area contributed by atoms with Crippen LogP contribution in [0, 0.1) is 5.92 Å². The van der Waals surface area contributed by atoms with Crippen LogP contribution < -0.4 is 5.32 Å². The van der Waals surface area contributed by atoms with Crippen LogP contribution in [0.15, 0.2) is 10.9 Å². The van der Waals surface area contributed by atoms with Gasteiger partial charge in [-0.2, -0.15) is 0 Å². The van der Waals surface area contributed by atoms with E-state index in [9.17, 15) is 0 Å². The van der Waals surface area contributed by atoms with Gasteiger partial charge in [-0.05, 0) is 25.9 Å². The summed E-state index contributed by atoms with van der Waals surface area (Å²) in [5.41, 5.74) is 3.08. The first-order valence-corrected chi connectivity index (χ1v) is 7.35. The zero-order valence-corrected chi connectivity index (χ0v) is 12.3. The van der Waals surface area contributed by atoms with Crippen molar-refractivity contribution in [2.75, 3.05) is 20.1 Å². The molecular formula is C13H25N3S. The predicted molar refractivity (Wildman–Crippen MR) is 75.4 cm³/mol. The first-order valence-electron chi connectivity index (χ1n) is 6.41. The van der Waals surface area contributed by atoms with Crippen molar-refractivity contribution >= 4 is 11.3 Å². The summed E-state index contributed by atoms with van der Waals surface area (Å²) in [7, 11) is 2.19. The molecule has 1 aromatic rings. The molecule has 4 heteroatoms. The van der Waals surface area contributed by atoms with Gasteiger partial charge in [0, 0.05) is 24.5 Å². The van der Waals surface area contributed by atoms with Gasteiger partial charge in [0.15, 0.2) is 0 Å². The standard InChI is InChI=1S/C13H25N3S/c1-5-13(7-14-6-11(2)3)16(4)8-12-9-17-10-15-12/h9-11,13-14H,5-8H2,1-4H3. The van der Waals surface area contributed by atoms with Gasteiger partial charge < -0.3 is 5.32 Å². The first kappa shape index (κ1) is 14.6. The second kappa shape index (κ2) is 7.80. The fraction of sp³-hybridized carbons (Fsp3) is 0.769.